The van der Waals surface area contributed by atoms with Crippen LogP contribution in [0.15, 0.2) is 54.6 Å². The van der Waals surface area contributed by atoms with Crippen LogP contribution in [0, 0.1) is 0 Å². The van der Waals surface area contributed by atoms with E-state index in [1.165, 1.54) is 0 Å². The highest BCUT2D eigenvalue weighted by atomic mass is 16.5. The quantitative estimate of drug-likeness (QED) is 0.787. The molecule has 130 valence electrons. The third kappa shape index (κ3) is 4.97. The first-order valence-corrected chi connectivity index (χ1v) is 8.19. The number of carbonyl (C=O) groups excluding carboxylic acids is 2. The van der Waals surface area contributed by atoms with Crippen molar-refractivity contribution in [1.29, 1.82) is 0 Å². The molecular weight excluding hydrogens is 320 g/mol. The molecule has 25 heavy (non-hydrogen) atoms. The number of nitrogens with one attached hydrogen (secondary N) is 1. The van der Waals surface area contributed by atoms with E-state index in [9.17, 15) is 9.59 Å². The van der Waals surface area contributed by atoms with Gasteiger partial charge in [-0.1, -0.05) is 30.3 Å². The molecule has 0 saturated carbocycles. The van der Waals surface area contributed by atoms with Gasteiger partial charge in [-0.15, -0.1) is 0 Å². The van der Waals surface area contributed by atoms with Gasteiger partial charge in [0.15, 0.2) is 0 Å². The summed E-state index contributed by atoms with van der Waals surface area (Å²) in [6.45, 7) is 1.83. The highest BCUT2D eigenvalue weighted by Gasteiger charge is 2.22. The number of imide groups is 1. The number of urea groups is 1. The van der Waals surface area contributed by atoms with Crippen molar-refractivity contribution in [2.24, 2.45) is 0 Å². The van der Waals surface area contributed by atoms with Crippen molar-refractivity contribution in [3.05, 3.63) is 60.2 Å². The van der Waals surface area contributed by atoms with E-state index in [0.29, 0.717) is 32.7 Å². The molecule has 6 heteroatoms. The van der Waals surface area contributed by atoms with E-state index < -0.39 is 0 Å². The summed E-state index contributed by atoms with van der Waals surface area (Å²) in [7, 11) is 0. The lowest BCUT2D eigenvalue weighted by molar-refractivity contribution is -0.121. The minimum absolute atomic E-state index is 0.220. The summed E-state index contributed by atoms with van der Waals surface area (Å²) in [6, 6.07) is 16.8. The molecule has 0 atom stereocenters. The number of hydrogen-bond acceptors (Lipinski definition) is 4. The summed E-state index contributed by atoms with van der Waals surface area (Å²) < 4.78 is 11.2. The van der Waals surface area contributed by atoms with Crippen LogP contribution in [-0.4, -0.2) is 36.6 Å². The van der Waals surface area contributed by atoms with Gasteiger partial charge in [0.1, 0.15) is 24.7 Å². The third-order valence-electron chi connectivity index (χ3n) is 3.80. The smallest absolute Gasteiger partial charge is 0.324 e. The maximum absolute atomic E-state index is 11.7. The monoisotopic (exact) mass is 340 g/mol. The fourth-order valence-corrected chi connectivity index (χ4v) is 2.50. The second-order valence-corrected chi connectivity index (χ2v) is 5.68. The van der Waals surface area contributed by atoms with Crippen molar-refractivity contribution in [3.63, 3.8) is 0 Å². The average Bonchev–Trinajstić information content (AvgIpc) is 2.63. The molecule has 0 aliphatic carbocycles. The normalized spacial score (nSPS) is 14.2. The summed E-state index contributed by atoms with van der Waals surface area (Å²) >= 11 is 0. The first-order chi connectivity index (χ1) is 12.2. The first-order valence-electron chi connectivity index (χ1n) is 8.19. The lowest BCUT2D eigenvalue weighted by atomic mass is 10.2. The Bertz CT molecular complexity index is 716. The zero-order valence-electron chi connectivity index (χ0n) is 13.8. The number of carbonyl (C=O) groups is 2. The molecule has 1 N–H and O–H groups in total. The SMILES string of the molecule is O=C1CCN(Cc2ccc(OCCOc3ccccc3)cc2)C(=O)N1. The Balaban J connectivity index is 1.42. The van der Waals surface area contributed by atoms with Crippen LogP contribution in [0.5, 0.6) is 11.5 Å². The van der Waals surface area contributed by atoms with Crippen LogP contribution in [0.25, 0.3) is 0 Å². The maximum Gasteiger partial charge on any atom is 0.324 e. The lowest BCUT2D eigenvalue weighted by Gasteiger charge is -2.26. The highest BCUT2D eigenvalue weighted by Crippen LogP contribution is 2.15. The van der Waals surface area contributed by atoms with Crippen LogP contribution < -0.4 is 14.8 Å². The Kier molecular flexibility index (Phi) is 5.51. The van der Waals surface area contributed by atoms with Crippen LogP contribution in [-0.2, 0) is 11.3 Å². The van der Waals surface area contributed by atoms with E-state index in [1.54, 1.807) is 4.90 Å². The fraction of sp³-hybridized carbons (Fsp3) is 0.263. The van der Waals surface area contributed by atoms with E-state index in [4.69, 9.17) is 9.47 Å². The Labute approximate surface area is 146 Å². The molecule has 2 aromatic rings. The van der Waals surface area contributed by atoms with E-state index in [1.807, 2.05) is 54.6 Å². The Morgan fingerprint density at radius 2 is 1.52 bits per heavy atom. The predicted octanol–water partition coefficient (Wildman–Crippen LogP) is 2.59. The van der Waals surface area contributed by atoms with Gasteiger partial charge in [-0.25, -0.2) is 4.79 Å². The van der Waals surface area contributed by atoms with Gasteiger partial charge in [0.2, 0.25) is 5.91 Å². The third-order valence-corrected chi connectivity index (χ3v) is 3.80. The van der Waals surface area contributed by atoms with Crippen LogP contribution in [0.4, 0.5) is 4.79 Å². The minimum Gasteiger partial charge on any atom is -0.490 e. The van der Waals surface area contributed by atoms with Crippen LogP contribution >= 0.6 is 0 Å². The summed E-state index contributed by atoms with van der Waals surface area (Å²) in [4.78, 5) is 24.5. The molecule has 0 unspecified atom stereocenters. The molecular formula is C19H20N2O4. The molecule has 1 heterocycles. The van der Waals surface area contributed by atoms with Crippen molar-refractivity contribution in [3.8, 4) is 11.5 Å². The molecule has 0 spiro atoms. The van der Waals surface area contributed by atoms with Gasteiger partial charge in [-0.3, -0.25) is 10.1 Å². The molecule has 0 aromatic heterocycles. The minimum atomic E-state index is -0.338. The molecule has 3 rings (SSSR count). The van der Waals surface area contributed by atoms with E-state index >= 15 is 0 Å². The first kappa shape index (κ1) is 16.8. The molecule has 0 radical (unpaired) electrons. The van der Waals surface area contributed by atoms with Gasteiger partial charge in [0, 0.05) is 19.5 Å². The molecule has 1 fully saturated rings. The number of rotatable bonds is 7. The number of nitrogens with zero attached hydrogens (tertiary/aromatic N) is 1. The Morgan fingerprint density at radius 3 is 2.16 bits per heavy atom. The second kappa shape index (κ2) is 8.19. The summed E-state index contributed by atoms with van der Waals surface area (Å²) in [6.07, 6.45) is 0.342. The highest BCUT2D eigenvalue weighted by molar-refractivity contribution is 5.96. The molecule has 3 amide bonds. The van der Waals surface area contributed by atoms with Gasteiger partial charge in [-0.05, 0) is 29.8 Å². The van der Waals surface area contributed by atoms with Gasteiger partial charge in [0.05, 0.1) is 0 Å². The second-order valence-electron chi connectivity index (χ2n) is 5.68. The van der Waals surface area contributed by atoms with Gasteiger partial charge >= 0.3 is 6.03 Å². The van der Waals surface area contributed by atoms with Crippen molar-refractivity contribution < 1.29 is 19.1 Å². The average molecular weight is 340 g/mol. The molecule has 6 nitrogen and oxygen atoms in total. The number of benzene rings is 2. The lowest BCUT2D eigenvalue weighted by Crippen LogP contribution is -2.48. The Morgan fingerprint density at radius 1 is 0.880 bits per heavy atom. The number of hydrogen-bond donors (Lipinski definition) is 1. The molecule has 1 aliphatic rings. The summed E-state index contributed by atoms with van der Waals surface area (Å²) in [5.41, 5.74) is 0.984. The maximum atomic E-state index is 11.7. The number of amides is 3. The summed E-state index contributed by atoms with van der Waals surface area (Å²) in [5, 5.41) is 2.32. The van der Waals surface area contributed by atoms with Crippen molar-refractivity contribution in [2.75, 3.05) is 19.8 Å². The zero-order valence-corrected chi connectivity index (χ0v) is 13.8. The van der Waals surface area contributed by atoms with E-state index in [2.05, 4.69) is 5.32 Å². The van der Waals surface area contributed by atoms with Gasteiger partial charge in [-0.2, -0.15) is 0 Å². The van der Waals surface area contributed by atoms with Gasteiger partial charge < -0.3 is 14.4 Å². The van der Waals surface area contributed by atoms with Gasteiger partial charge in [0.25, 0.3) is 0 Å². The van der Waals surface area contributed by atoms with Crippen molar-refractivity contribution >= 4 is 11.9 Å². The standard InChI is InChI=1S/C19H20N2O4/c22-18-10-11-21(19(23)20-18)14-15-6-8-17(9-7-15)25-13-12-24-16-4-2-1-3-5-16/h1-9H,10-14H2,(H,20,22,23). The van der Waals surface area contributed by atoms with E-state index in [0.717, 1.165) is 17.1 Å². The van der Waals surface area contributed by atoms with Crippen LogP contribution in [0.2, 0.25) is 0 Å². The number of para-hydroxylation sites is 1. The topological polar surface area (TPSA) is 67.9 Å². The zero-order chi connectivity index (χ0) is 17.5. The van der Waals surface area contributed by atoms with Crippen LogP contribution in [0.1, 0.15) is 12.0 Å². The molecule has 0 bridgehead atoms. The molecule has 1 aliphatic heterocycles. The predicted molar refractivity (Wildman–Crippen MR) is 92.4 cm³/mol. The van der Waals surface area contributed by atoms with Crippen molar-refractivity contribution in [2.45, 2.75) is 13.0 Å². The Hall–Kier alpha value is -3.02. The van der Waals surface area contributed by atoms with Crippen LogP contribution in [0.3, 0.4) is 0 Å². The summed E-state index contributed by atoms with van der Waals surface area (Å²) in [5.74, 6) is 1.35. The van der Waals surface area contributed by atoms with Crippen molar-refractivity contribution in [1.82, 2.24) is 10.2 Å². The molecule has 1 saturated heterocycles. The largest absolute Gasteiger partial charge is 0.490 e. The fourth-order valence-electron chi connectivity index (χ4n) is 2.50. The van der Waals surface area contributed by atoms with E-state index in [-0.39, 0.29) is 11.9 Å². The molecule has 2 aromatic carbocycles. The number of ether oxygens (including phenoxy) is 2.